The van der Waals surface area contributed by atoms with Crippen LogP contribution in [-0.4, -0.2) is 31.3 Å². The van der Waals surface area contributed by atoms with Gasteiger partial charge in [-0.1, -0.05) is 50.6 Å². The smallest absolute Gasteiger partial charge is 0.407 e. The van der Waals surface area contributed by atoms with Gasteiger partial charge in [0, 0.05) is 6.42 Å². The van der Waals surface area contributed by atoms with Gasteiger partial charge in [0.05, 0.1) is 13.2 Å². The summed E-state index contributed by atoms with van der Waals surface area (Å²) in [5.41, 5.74) is 0.954. The maximum absolute atomic E-state index is 12.1. The molecule has 0 saturated heterocycles. The van der Waals surface area contributed by atoms with Crippen molar-refractivity contribution < 1.29 is 19.1 Å². The summed E-state index contributed by atoms with van der Waals surface area (Å²) in [6, 6.07) is 8.77. The fourth-order valence-electron chi connectivity index (χ4n) is 1.84. The topological polar surface area (TPSA) is 64.6 Å². The number of amides is 1. The van der Waals surface area contributed by atoms with E-state index in [1.807, 2.05) is 44.2 Å². The molecule has 1 aromatic rings. The van der Waals surface area contributed by atoms with Gasteiger partial charge in [-0.2, -0.15) is 0 Å². The lowest BCUT2D eigenvalue weighted by atomic mass is 10.1. The first-order valence-corrected chi connectivity index (χ1v) is 7.81. The molecule has 22 heavy (non-hydrogen) atoms. The lowest BCUT2D eigenvalue weighted by molar-refractivity contribution is -0.146. The molecule has 5 heteroatoms. The van der Waals surface area contributed by atoms with Crippen LogP contribution in [0.5, 0.6) is 0 Å². The number of carbonyl (C=O) groups excluding carboxylic acids is 2. The third-order valence-electron chi connectivity index (χ3n) is 3.04. The van der Waals surface area contributed by atoms with E-state index in [2.05, 4.69) is 5.32 Å². The van der Waals surface area contributed by atoms with E-state index in [1.54, 1.807) is 0 Å². The zero-order valence-corrected chi connectivity index (χ0v) is 13.3. The first kappa shape index (κ1) is 18.0. The van der Waals surface area contributed by atoms with Crippen molar-refractivity contribution in [3.05, 3.63) is 35.9 Å². The lowest BCUT2D eigenvalue weighted by Gasteiger charge is -2.17. The van der Waals surface area contributed by atoms with E-state index in [1.165, 1.54) is 0 Å². The Morgan fingerprint density at radius 3 is 2.41 bits per heavy atom. The minimum atomic E-state index is -0.733. The van der Waals surface area contributed by atoms with Crippen LogP contribution in [0, 0.1) is 0 Å². The van der Waals surface area contributed by atoms with Crippen LogP contribution in [0.1, 0.15) is 38.7 Å². The number of alkyl carbamates (subject to hydrolysis) is 1. The molecule has 1 N–H and O–H groups in total. The molecule has 0 aromatic heterocycles. The van der Waals surface area contributed by atoms with Gasteiger partial charge in [0.25, 0.3) is 0 Å². The predicted octanol–water partition coefficient (Wildman–Crippen LogP) is 3.08. The molecule has 0 heterocycles. The second kappa shape index (κ2) is 10.7. The highest BCUT2D eigenvalue weighted by Gasteiger charge is 2.23. The summed E-state index contributed by atoms with van der Waals surface area (Å²) in [7, 11) is 0. The number of hydrogen-bond acceptors (Lipinski definition) is 4. The molecule has 0 fully saturated rings. The van der Waals surface area contributed by atoms with E-state index in [0.29, 0.717) is 19.6 Å². The largest absolute Gasteiger partial charge is 0.464 e. The number of unbranched alkanes of at least 4 members (excludes halogenated alkanes) is 1. The number of carbonyl (C=O) groups is 2. The first-order valence-electron chi connectivity index (χ1n) is 7.81. The number of esters is 1. The second-order valence-corrected chi connectivity index (χ2v) is 5.04. The van der Waals surface area contributed by atoms with Crippen LogP contribution in [0.25, 0.3) is 0 Å². The maximum atomic E-state index is 12.1. The number of benzene rings is 1. The van der Waals surface area contributed by atoms with E-state index in [9.17, 15) is 9.59 Å². The molecule has 1 amide bonds. The zero-order chi connectivity index (χ0) is 16.2. The summed E-state index contributed by atoms with van der Waals surface area (Å²) >= 11 is 0. The van der Waals surface area contributed by atoms with Gasteiger partial charge in [-0.15, -0.1) is 0 Å². The van der Waals surface area contributed by atoms with E-state index >= 15 is 0 Å². The molecular formula is C17H25NO4. The summed E-state index contributed by atoms with van der Waals surface area (Å²) < 4.78 is 10.2. The lowest BCUT2D eigenvalue weighted by Crippen LogP contribution is -2.43. The molecule has 0 aliphatic rings. The Bertz CT molecular complexity index is 447. The fraction of sp³-hybridized carbons (Fsp3) is 0.529. The second-order valence-electron chi connectivity index (χ2n) is 5.04. The SMILES string of the molecule is CCCCOC(=O)[C@H](Cc1ccccc1)NC(=O)OCCC. The number of ether oxygens (including phenoxy) is 2. The van der Waals surface area contributed by atoms with Crippen molar-refractivity contribution in [3.8, 4) is 0 Å². The molecule has 0 unspecified atom stereocenters. The van der Waals surface area contributed by atoms with Crippen molar-refractivity contribution in [3.63, 3.8) is 0 Å². The minimum Gasteiger partial charge on any atom is -0.464 e. The minimum absolute atomic E-state index is 0.328. The molecule has 0 bridgehead atoms. The summed E-state index contributed by atoms with van der Waals surface area (Å²) in [5, 5.41) is 2.59. The summed E-state index contributed by atoms with van der Waals surface area (Å²) in [4.78, 5) is 23.8. The van der Waals surface area contributed by atoms with Crippen molar-refractivity contribution in [1.82, 2.24) is 5.32 Å². The van der Waals surface area contributed by atoms with Gasteiger partial charge in [0.15, 0.2) is 0 Å². The normalized spacial score (nSPS) is 11.5. The Kier molecular flexibility index (Phi) is 8.72. The Morgan fingerprint density at radius 1 is 1.05 bits per heavy atom. The van der Waals surface area contributed by atoms with E-state index < -0.39 is 18.1 Å². The molecule has 122 valence electrons. The van der Waals surface area contributed by atoms with E-state index in [-0.39, 0.29) is 0 Å². The van der Waals surface area contributed by atoms with Crippen LogP contribution in [0.15, 0.2) is 30.3 Å². The van der Waals surface area contributed by atoms with Crippen molar-refractivity contribution >= 4 is 12.1 Å². The molecule has 0 saturated carbocycles. The maximum Gasteiger partial charge on any atom is 0.407 e. The Morgan fingerprint density at radius 2 is 1.77 bits per heavy atom. The molecular weight excluding hydrogens is 282 g/mol. The van der Waals surface area contributed by atoms with Crippen LogP contribution in [0.4, 0.5) is 4.79 Å². The third kappa shape index (κ3) is 7.11. The van der Waals surface area contributed by atoms with Crippen molar-refractivity contribution in [1.29, 1.82) is 0 Å². The third-order valence-corrected chi connectivity index (χ3v) is 3.04. The van der Waals surface area contributed by atoms with Gasteiger partial charge in [-0.25, -0.2) is 9.59 Å². The Balaban J connectivity index is 2.63. The van der Waals surface area contributed by atoms with E-state index in [4.69, 9.17) is 9.47 Å². The van der Waals surface area contributed by atoms with E-state index in [0.717, 1.165) is 24.8 Å². The van der Waals surface area contributed by atoms with Crippen LogP contribution >= 0.6 is 0 Å². The average Bonchev–Trinajstić information content (AvgIpc) is 2.53. The van der Waals surface area contributed by atoms with Crippen LogP contribution in [-0.2, 0) is 20.7 Å². The van der Waals surface area contributed by atoms with Crippen molar-refractivity contribution in [2.45, 2.75) is 45.6 Å². The highest BCUT2D eigenvalue weighted by Crippen LogP contribution is 2.06. The Hall–Kier alpha value is -2.04. The quantitative estimate of drug-likeness (QED) is 0.562. The van der Waals surface area contributed by atoms with Gasteiger partial charge in [-0.05, 0) is 18.4 Å². The number of rotatable bonds is 9. The fourth-order valence-corrected chi connectivity index (χ4v) is 1.84. The van der Waals surface area contributed by atoms with Gasteiger partial charge in [-0.3, -0.25) is 0 Å². The average molecular weight is 307 g/mol. The van der Waals surface area contributed by atoms with Gasteiger partial charge >= 0.3 is 12.1 Å². The molecule has 0 aliphatic heterocycles. The predicted molar refractivity (Wildman–Crippen MR) is 84.6 cm³/mol. The number of nitrogens with one attached hydrogen (secondary N) is 1. The van der Waals surface area contributed by atoms with Crippen molar-refractivity contribution in [2.75, 3.05) is 13.2 Å². The summed E-state index contributed by atoms with van der Waals surface area (Å²) in [5.74, 6) is -0.425. The monoisotopic (exact) mass is 307 g/mol. The Labute approximate surface area is 132 Å². The highest BCUT2D eigenvalue weighted by molar-refractivity contribution is 5.81. The highest BCUT2D eigenvalue weighted by atomic mass is 16.6. The molecule has 1 rings (SSSR count). The van der Waals surface area contributed by atoms with Crippen LogP contribution < -0.4 is 5.32 Å². The van der Waals surface area contributed by atoms with Gasteiger partial charge in [0.1, 0.15) is 6.04 Å². The standard InChI is InChI=1S/C17H25NO4/c1-3-5-12-21-16(19)15(18-17(20)22-11-4-2)13-14-9-7-6-8-10-14/h6-10,15H,3-5,11-13H2,1-2H3,(H,18,20)/t15-/m0/s1. The summed E-state index contributed by atoms with van der Waals surface area (Å²) in [6.07, 6.45) is 2.28. The molecule has 0 radical (unpaired) electrons. The summed E-state index contributed by atoms with van der Waals surface area (Å²) in [6.45, 7) is 4.63. The molecule has 5 nitrogen and oxygen atoms in total. The van der Waals surface area contributed by atoms with Crippen molar-refractivity contribution in [2.24, 2.45) is 0 Å². The van der Waals surface area contributed by atoms with Crippen LogP contribution in [0.2, 0.25) is 0 Å². The van der Waals surface area contributed by atoms with Crippen LogP contribution in [0.3, 0.4) is 0 Å². The van der Waals surface area contributed by atoms with Gasteiger partial charge in [0.2, 0.25) is 0 Å². The molecule has 1 atom stereocenters. The first-order chi connectivity index (χ1) is 10.7. The molecule has 0 spiro atoms. The molecule has 1 aromatic carbocycles. The zero-order valence-electron chi connectivity index (χ0n) is 13.3. The van der Waals surface area contributed by atoms with Gasteiger partial charge < -0.3 is 14.8 Å². The molecule has 0 aliphatic carbocycles. The number of hydrogen-bond donors (Lipinski definition) is 1.